The average Bonchev–Trinajstić information content (AvgIpc) is 2.75. The molecule has 1 aromatic carbocycles. The first kappa shape index (κ1) is 14.0. The second-order valence-electron chi connectivity index (χ2n) is 5.31. The molecule has 104 valence electrons. The molecule has 1 N–H and O–H groups in total. The Morgan fingerprint density at radius 2 is 2.11 bits per heavy atom. The third kappa shape index (κ3) is 2.80. The van der Waals surface area contributed by atoms with E-state index in [1.165, 1.54) is 0 Å². The van der Waals surface area contributed by atoms with Crippen LogP contribution in [0.4, 0.5) is 0 Å². The summed E-state index contributed by atoms with van der Waals surface area (Å²) in [5, 5.41) is 9.43. The van der Waals surface area contributed by atoms with Gasteiger partial charge in [-0.1, -0.05) is 24.3 Å². The summed E-state index contributed by atoms with van der Waals surface area (Å²) in [4.78, 5) is 13.5. The molecule has 0 aromatic heterocycles. The number of benzene rings is 1. The maximum atomic E-state index is 11.5. The van der Waals surface area contributed by atoms with E-state index in [0.29, 0.717) is 13.2 Å². The van der Waals surface area contributed by atoms with Crippen LogP contribution < -0.4 is 0 Å². The lowest BCUT2D eigenvalue weighted by Gasteiger charge is -2.31. The summed E-state index contributed by atoms with van der Waals surface area (Å²) in [6, 6.07) is 8.06. The van der Waals surface area contributed by atoms with Crippen LogP contribution in [0.2, 0.25) is 0 Å². The third-order valence-corrected chi connectivity index (χ3v) is 4.03. The normalized spacial score (nSPS) is 23.7. The summed E-state index contributed by atoms with van der Waals surface area (Å²) in [6.07, 6.45) is 1.66. The summed E-state index contributed by atoms with van der Waals surface area (Å²) in [5.74, 6) is -0.728. The van der Waals surface area contributed by atoms with E-state index in [0.717, 1.165) is 30.5 Å². The summed E-state index contributed by atoms with van der Waals surface area (Å²) in [7, 11) is 1.67. The fourth-order valence-electron chi connectivity index (χ4n) is 2.73. The predicted molar refractivity (Wildman–Crippen MR) is 72.8 cm³/mol. The van der Waals surface area contributed by atoms with Crippen molar-refractivity contribution >= 4 is 5.97 Å². The van der Waals surface area contributed by atoms with Gasteiger partial charge in [0, 0.05) is 13.7 Å². The molecule has 0 bridgehead atoms. The van der Waals surface area contributed by atoms with Crippen LogP contribution in [0.15, 0.2) is 24.3 Å². The van der Waals surface area contributed by atoms with Gasteiger partial charge in [-0.15, -0.1) is 0 Å². The molecule has 0 spiro atoms. The highest BCUT2D eigenvalue weighted by Gasteiger charge is 2.43. The lowest BCUT2D eigenvalue weighted by molar-refractivity contribution is -0.148. The fourth-order valence-corrected chi connectivity index (χ4v) is 2.73. The van der Waals surface area contributed by atoms with Crippen molar-refractivity contribution in [2.75, 3.05) is 13.7 Å². The number of likely N-dealkylation sites (tertiary alicyclic amines) is 1. The Labute approximate surface area is 114 Å². The van der Waals surface area contributed by atoms with Gasteiger partial charge in [-0.3, -0.25) is 9.69 Å². The molecule has 1 aliphatic rings. The Morgan fingerprint density at radius 1 is 1.42 bits per heavy atom. The van der Waals surface area contributed by atoms with Gasteiger partial charge in [0.2, 0.25) is 0 Å². The molecule has 1 saturated heterocycles. The van der Waals surface area contributed by atoms with Crippen molar-refractivity contribution in [1.82, 2.24) is 4.90 Å². The van der Waals surface area contributed by atoms with Crippen LogP contribution in [0.5, 0.6) is 0 Å². The number of hydrogen-bond donors (Lipinski definition) is 1. The van der Waals surface area contributed by atoms with Gasteiger partial charge in [0.1, 0.15) is 5.54 Å². The Kier molecular flexibility index (Phi) is 4.22. The molecule has 19 heavy (non-hydrogen) atoms. The first-order valence-electron chi connectivity index (χ1n) is 6.62. The highest BCUT2D eigenvalue weighted by Crippen LogP contribution is 2.31. The highest BCUT2D eigenvalue weighted by molar-refractivity contribution is 5.78. The van der Waals surface area contributed by atoms with Gasteiger partial charge in [0.25, 0.3) is 0 Å². The van der Waals surface area contributed by atoms with E-state index in [-0.39, 0.29) is 0 Å². The fraction of sp³-hybridized carbons (Fsp3) is 0.533. The summed E-state index contributed by atoms with van der Waals surface area (Å²) >= 11 is 0. The largest absolute Gasteiger partial charge is 0.480 e. The minimum Gasteiger partial charge on any atom is -0.480 e. The topological polar surface area (TPSA) is 49.8 Å². The molecule has 1 atom stereocenters. The van der Waals surface area contributed by atoms with Gasteiger partial charge in [-0.25, -0.2) is 0 Å². The predicted octanol–water partition coefficient (Wildman–Crippen LogP) is 2.27. The maximum Gasteiger partial charge on any atom is 0.323 e. The Bertz CT molecular complexity index is 460. The van der Waals surface area contributed by atoms with Gasteiger partial charge in [-0.2, -0.15) is 0 Å². The van der Waals surface area contributed by atoms with Crippen molar-refractivity contribution < 1.29 is 14.6 Å². The number of carboxylic acid groups (broad SMARTS) is 1. The maximum absolute atomic E-state index is 11.5. The van der Waals surface area contributed by atoms with Crippen LogP contribution in [0, 0.1) is 0 Å². The van der Waals surface area contributed by atoms with Crippen molar-refractivity contribution in [1.29, 1.82) is 0 Å². The minimum absolute atomic E-state index is 0.563. The van der Waals surface area contributed by atoms with Crippen LogP contribution in [0.1, 0.15) is 30.9 Å². The molecule has 1 aliphatic heterocycles. The van der Waals surface area contributed by atoms with E-state index in [9.17, 15) is 9.90 Å². The van der Waals surface area contributed by atoms with Crippen molar-refractivity contribution in [3.05, 3.63) is 35.4 Å². The molecule has 2 rings (SSSR count). The van der Waals surface area contributed by atoms with Crippen LogP contribution in [-0.2, 0) is 22.7 Å². The van der Waals surface area contributed by atoms with Crippen molar-refractivity contribution in [3.63, 3.8) is 0 Å². The van der Waals surface area contributed by atoms with Crippen LogP contribution in [0.25, 0.3) is 0 Å². The summed E-state index contributed by atoms with van der Waals surface area (Å²) in [6.45, 7) is 3.89. The third-order valence-electron chi connectivity index (χ3n) is 4.03. The van der Waals surface area contributed by atoms with Crippen molar-refractivity contribution in [2.45, 2.75) is 38.5 Å². The van der Waals surface area contributed by atoms with Crippen LogP contribution in [-0.4, -0.2) is 35.2 Å². The second-order valence-corrected chi connectivity index (χ2v) is 5.31. The number of nitrogens with zero attached hydrogens (tertiary/aromatic N) is 1. The number of carboxylic acids is 1. The van der Waals surface area contributed by atoms with Crippen molar-refractivity contribution in [2.24, 2.45) is 0 Å². The highest BCUT2D eigenvalue weighted by atomic mass is 16.5. The second kappa shape index (κ2) is 5.72. The van der Waals surface area contributed by atoms with E-state index in [2.05, 4.69) is 11.0 Å². The zero-order valence-corrected chi connectivity index (χ0v) is 11.6. The molecule has 0 radical (unpaired) electrons. The van der Waals surface area contributed by atoms with Gasteiger partial charge in [0.05, 0.1) is 6.61 Å². The lowest BCUT2D eigenvalue weighted by atomic mass is 9.98. The van der Waals surface area contributed by atoms with Crippen LogP contribution in [0.3, 0.4) is 0 Å². The number of methoxy groups -OCH3 is 1. The molecular weight excluding hydrogens is 242 g/mol. The zero-order chi connectivity index (χ0) is 13.9. The first-order valence-corrected chi connectivity index (χ1v) is 6.62. The lowest BCUT2D eigenvalue weighted by Crippen LogP contribution is -2.47. The van der Waals surface area contributed by atoms with E-state index < -0.39 is 11.5 Å². The zero-order valence-electron chi connectivity index (χ0n) is 11.6. The van der Waals surface area contributed by atoms with E-state index in [1.807, 2.05) is 25.1 Å². The summed E-state index contributed by atoms with van der Waals surface area (Å²) < 4.78 is 5.20. The Balaban J connectivity index is 2.19. The molecule has 1 aromatic rings. The molecular formula is C15H21NO3. The van der Waals surface area contributed by atoms with Crippen molar-refractivity contribution in [3.8, 4) is 0 Å². The van der Waals surface area contributed by atoms with E-state index in [1.54, 1.807) is 7.11 Å². The molecule has 0 saturated carbocycles. The number of aliphatic carboxylic acids is 1. The van der Waals surface area contributed by atoms with Gasteiger partial charge < -0.3 is 9.84 Å². The first-order chi connectivity index (χ1) is 9.08. The van der Waals surface area contributed by atoms with Gasteiger partial charge >= 0.3 is 5.97 Å². The number of rotatable bonds is 5. The number of ether oxygens (including phenoxy) is 1. The van der Waals surface area contributed by atoms with E-state index >= 15 is 0 Å². The molecule has 1 fully saturated rings. The molecule has 0 aliphatic carbocycles. The SMILES string of the molecule is COCc1ccccc1CN1CCCC1(C)C(=O)O. The number of carbonyl (C=O) groups is 1. The molecule has 1 unspecified atom stereocenters. The average molecular weight is 263 g/mol. The quantitative estimate of drug-likeness (QED) is 0.885. The molecule has 1 heterocycles. The summed E-state index contributed by atoms with van der Waals surface area (Å²) in [5.41, 5.74) is 1.54. The standard InChI is InChI=1S/C15H21NO3/c1-15(14(17)18)8-5-9-16(15)10-12-6-3-4-7-13(12)11-19-2/h3-4,6-7H,5,8-11H2,1-2H3,(H,17,18). The molecule has 4 nitrogen and oxygen atoms in total. The minimum atomic E-state index is -0.736. The van der Waals surface area contributed by atoms with Gasteiger partial charge in [-0.05, 0) is 37.4 Å². The monoisotopic (exact) mass is 263 g/mol. The molecule has 0 amide bonds. The Hall–Kier alpha value is -1.39. The van der Waals surface area contributed by atoms with Gasteiger partial charge in [0.15, 0.2) is 0 Å². The molecule has 4 heteroatoms. The Morgan fingerprint density at radius 3 is 2.74 bits per heavy atom. The van der Waals surface area contributed by atoms with Crippen LogP contribution >= 0.6 is 0 Å². The number of hydrogen-bond acceptors (Lipinski definition) is 3. The van der Waals surface area contributed by atoms with E-state index in [4.69, 9.17) is 4.74 Å². The smallest absolute Gasteiger partial charge is 0.323 e.